The van der Waals surface area contributed by atoms with Crippen molar-refractivity contribution in [1.29, 1.82) is 0 Å². The lowest BCUT2D eigenvalue weighted by Gasteiger charge is -2.39. The van der Waals surface area contributed by atoms with Gasteiger partial charge in [0.1, 0.15) is 11.8 Å². The number of carbonyl (C=O) groups excluding carboxylic acids is 2. The molecule has 0 heterocycles. The molecule has 0 aliphatic rings. The van der Waals surface area contributed by atoms with E-state index in [1.54, 1.807) is 25.5 Å². The van der Waals surface area contributed by atoms with Gasteiger partial charge in [0, 0.05) is 11.1 Å². The van der Waals surface area contributed by atoms with Gasteiger partial charge >= 0.3 is 0 Å². The van der Waals surface area contributed by atoms with E-state index in [1.165, 1.54) is 6.08 Å². The van der Waals surface area contributed by atoms with Crippen molar-refractivity contribution in [1.82, 2.24) is 10.6 Å². The van der Waals surface area contributed by atoms with Crippen LogP contribution < -0.4 is 19.8 Å². The molecule has 0 aliphatic carbocycles. The van der Waals surface area contributed by atoms with Crippen molar-refractivity contribution in [2.24, 2.45) is 5.41 Å². The number of nitrogens with one attached hydrogen (secondary N) is 2. The van der Waals surface area contributed by atoms with Crippen molar-refractivity contribution < 1.29 is 23.2 Å². The zero-order chi connectivity index (χ0) is 39.4. The summed E-state index contributed by atoms with van der Waals surface area (Å²) in [6, 6.07) is 5.20. The van der Waals surface area contributed by atoms with Crippen molar-refractivity contribution in [3.05, 3.63) is 77.0 Å². The molecule has 0 saturated heterocycles. The third-order valence-electron chi connectivity index (χ3n) is 9.56. The van der Waals surface area contributed by atoms with E-state index in [1.807, 2.05) is 77.1 Å². The third-order valence-corrected chi connectivity index (χ3v) is 18.6. The van der Waals surface area contributed by atoms with E-state index < -0.39 is 28.1 Å². The van der Waals surface area contributed by atoms with Gasteiger partial charge < -0.3 is 24.2 Å². The summed E-state index contributed by atoms with van der Waals surface area (Å²) < 4.78 is 18.8. The smallest absolute Gasteiger partial charge is 0.250 e. The molecule has 1 aromatic rings. The second-order valence-corrected chi connectivity index (χ2v) is 27.4. The highest BCUT2D eigenvalue weighted by Crippen LogP contribution is 2.41. The summed E-state index contributed by atoms with van der Waals surface area (Å²) in [7, 11) is -2.36. The molecule has 0 spiro atoms. The van der Waals surface area contributed by atoms with Gasteiger partial charge in [-0.1, -0.05) is 122 Å². The van der Waals surface area contributed by atoms with E-state index in [2.05, 4.69) is 78.4 Å². The Morgan fingerprint density at radius 3 is 1.98 bits per heavy atom. The fourth-order valence-electron chi connectivity index (χ4n) is 4.34. The van der Waals surface area contributed by atoms with Crippen molar-refractivity contribution >= 4 is 46.1 Å². The number of hydrogen-bond donors (Lipinski definition) is 2. The van der Waals surface area contributed by atoms with Gasteiger partial charge in [-0.05, 0) is 92.3 Å². The molecule has 2 atom stereocenters. The van der Waals surface area contributed by atoms with Crippen LogP contribution in [0.1, 0.15) is 94.6 Å². The van der Waals surface area contributed by atoms with E-state index in [0.717, 1.165) is 21.9 Å². The van der Waals surface area contributed by atoms with Crippen LogP contribution in [0.15, 0.2) is 71.5 Å². The van der Waals surface area contributed by atoms with Crippen molar-refractivity contribution in [3.8, 4) is 11.5 Å². The number of methoxy groups -OCH3 is 1. The fraction of sp³-hybridized carbons (Fsp3) is 0.561. The number of halogens is 1. The van der Waals surface area contributed by atoms with Gasteiger partial charge in [-0.2, -0.15) is 0 Å². The van der Waals surface area contributed by atoms with Gasteiger partial charge in [-0.3, -0.25) is 9.59 Å². The molecule has 10 heteroatoms. The minimum Gasteiger partial charge on any atom is -0.541 e. The molecular weight excluding hydrogens is 692 g/mol. The molecule has 1 rings (SSSR count). The predicted octanol–water partition coefficient (Wildman–Crippen LogP) is 11.1. The van der Waals surface area contributed by atoms with Gasteiger partial charge in [-0.25, -0.2) is 0 Å². The van der Waals surface area contributed by atoms with Crippen LogP contribution in [-0.4, -0.2) is 47.7 Å². The van der Waals surface area contributed by atoms with Gasteiger partial charge in [0.05, 0.1) is 13.2 Å². The Labute approximate surface area is 317 Å². The molecule has 2 amide bonds. The molecule has 0 aromatic heterocycles. The maximum absolute atomic E-state index is 13.2. The maximum Gasteiger partial charge on any atom is 0.250 e. The first kappa shape index (κ1) is 46.2. The average molecular weight is 760 g/mol. The minimum absolute atomic E-state index is 0.0575. The second kappa shape index (κ2) is 19.3. The van der Waals surface area contributed by atoms with Gasteiger partial charge in [0.2, 0.25) is 11.8 Å². The van der Waals surface area contributed by atoms with Crippen LogP contribution >= 0.6 is 11.6 Å². The highest BCUT2D eigenvalue weighted by Gasteiger charge is 2.40. The fourth-order valence-corrected chi connectivity index (χ4v) is 6.83. The third kappa shape index (κ3) is 16.1. The molecule has 0 fully saturated rings. The topological polar surface area (TPSA) is 85.9 Å². The first-order chi connectivity index (χ1) is 23.2. The molecule has 0 radical (unpaired) electrons. The Balaban J connectivity index is 2.91. The first-order valence-electron chi connectivity index (χ1n) is 17.9. The average Bonchev–Trinajstić information content (AvgIpc) is 2.97. The summed E-state index contributed by atoms with van der Waals surface area (Å²) in [6.45, 7) is 31.8. The first-order valence-corrected chi connectivity index (χ1v) is 24.1. The number of carbonyl (C=O) groups is 2. The normalized spacial score (nSPS) is 15.4. The summed E-state index contributed by atoms with van der Waals surface area (Å²) in [5.74, 6) is 0.815. The van der Waals surface area contributed by atoms with Crippen LogP contribution in [0.4, 0.5) is 0 Å². The monoisotopic (exact) mass is 758 g/mol. The maximum atomic E-state index is 13.2. The summed E-state index contributed by atoms with van der Waals surface area (Å²) in [4.78, 5) is 26.1. The van der Waals surface area contributed by atoms with Crippen LogP contribution in [0, 0.1) is 5.41 Å². The summed E-state index contributed by atoms with van der Waals surface area (Å²) in [6.07, 6.45) is 15.6. The molecule has 1 aromatic carbocycles. The number of amides is 2. The second-order valence-electron chi connectivity index (χ2n) is 17.4. The number of benzene rings is 1. The van der Waals surface area contributed by atoms with Crippen LogP contribution in [0.3, 0.4) is 0 Å². The number of rotatable bonds is 16. The molecule has 286 valence electrons. The zero-order valence-corrected chi connectivity index (χ0v) is 37.1. The number of ether oxygens (including phenoxy) is 1. The van der Waals surface area contributed by atoms with Gasteiger partial charge in [-0.15, -0.1) is 0 Å². The van der Waals surface area contributed by atoms with Crippen molar-refractivity contribution in [3.63, 3.8) is 0 Å². The lowest BCUT2D eigenvalue weighted by Crippen LogP contribution is -2.52. The van der Waals surface area contributed by atoms with E-state index in [9.17, 15) is 9.59 Å². The number of hydrogen-bond acceptors (Lipinski definition) is 5. The summed E-state index contributed by atoms with van der Waals surface area (Å²) in [5, 5.41) is 6.61. The number of allylic oxidation sites excluding steroid dienone is 5. The predicted molar refractivity (Wildman–Crippen MR) is 222 cm³/mol. The van der Waals surface area contributed by atoms with E-state index in [-0.39, 0.29) is 28.0 Å². The van der Waals surface area contributed by atoms with Crippen LogP contribution in [0.25, 0.3) is 6.08 Å². The summed E-state index contributed by atoms with van der Waals surface area (Å²) in [5.41, 5.74) is 1.46. The SMILES string of the molecule is COc1cc(/C=C(C)/C=C\C=C/C(=O)N[C@H](C(=O)N/C=C\C[C@H](C/C=C(\C)Cl)O[Si](C)(C)C(C)(C)C)C(C)(C)C)ccc1O[Si](C)(C)C(C)(C)C. The van der Waals surface area contributed by atoms with E-state index in [4.69, 9.17) is 25.2 Å². The van der Waals surface area contributed by atoms with Crippen molar-refractivity contribution in [2.45, 2.75) is 137 Å². The molecule has 0 bridgehead atoms. The molecule has 0 aliphatic heterocycles. The van der Waals surface area contributed by atoms with E-state index >= 15 is 0 Å². The molecule has 7 nitrogen and oxygen atoms in total. The lowest BCUT2D eigenvalue weighted by atomic mass is 9.86. The lowest BCUT2D eigenvalue weighted by molar-refractivity contribution is -0.129. The van der Waals surface area contributed by atoms with E-state index in [0.29, 0.717) is 18.6 Å². The molecule has 51 heavy (non-hydrogen) atoms. The standard InChI is InChI=1S/C41H67ClN2O5Si2/c1-30(28-32-24-26-34(35(29-32)47-12)49-51(15,16)41(9,10)11)20-17-18-22-36(45)44-37(39(3,4)5)38(46)43-27-19-21-33(25-23-31(2)42)48-50(13,14)40(6,7)8/h17-20,22-24,26-29,33,37H,21,25H2,1-16H3,(H,43,46)(H,44,45)/b20-17-,22-18-,27-19-,30-28+,31-23+/t33-,37-/m1/s1. The Kier molecular flexibility index (Phi) is 17.5. The Morgan fingerprint density at radius 2 is 1.45 bits per heavy atom. The van der Waals surface area contributed by atoms with Crippen molar-refractivity contribution in [2.75, 3.05) is 7.11 Å². The highest BCUT2D eigenvalue weighted by molar-refractivity contribution is 6.75. The Hall–Kier alpha value is -2.86. The Bertz CT molecular complexity index is 1470. The molecule has 0 saturated carbocycles. The van der Waals surface area contributed by atoms with Crippen LogP contribution in [0.2, 0.25) is 36.3 Å². The summed E-state index contributed by atoms with van der Waals surface area (Å²) >= 11 is 6.12. The highest BCUT2D eigenvalue weighted by atomic mass is 35.5. The zero-order valence-electron chi connectivity index (χ0n) is 34.3. The van der Waals surface area contributed by atoms with Gasteiger partial charge in [0.15, 0.2) is 14.1 Å². The molecular formula is C41H67ClN2O5Si2. The Morgan fingerprint density at radius 1 is 0.863 bits per heavy atom. The quantitative estimate of drug-likeness (QED) is 0.0996. The van der Waals surface area contributed by atoms with Crippen LogP contribution in [0.5, 0.6) is 11.5 Å². The molecule has 2 N–H and O–H groups in total. The largest absolute Gasteiger partial charge is 0.541 e. The van der Waals surface area contributed by atoms with Gasteiger partial charge in [0.25, 0.3) is 8.32 Å². The van der Waals surface area contributed by atoms with Crippen LogP contribution in [-0.2, 0) is 14.0 Å². The minimum atomic E-state index is -2.01. The molecule has 0 unspecified atom stereocenters.